The third-order valence-corrected chi connectivity index (χ3v) is 4.77. The predicted molar refractivity (Wildman–Crippen MR) is 95.1 cm³/mol. The summed E-state index contributed by atoms with van der Waals surface area (Å²) in [6.45, 7) is 2.27. The van der Waals surface area contributed by atoms with Gasteiger partial charge in [-0.1, -0.05) is 11.3 Å². The monoisotopic (exact) mass is 390 g/mol. The Morgan fingerprint density at radius 3 is 2.33 bits per heavy atom. The number of nitrogens with zero attached hydrogens (tertiary/aromatic N) is 4. The number of aryl methyl sites for hydroxylation is 1. The van der Waals surface area contributed by atoms with Crippen molar-refractivity contribution in [3.05, 3.63) is 72.8 Å². The molecule has 27 heavy (non-hydrogen) atoms. The molecule has 138 valence electrons. The van der Waals surface area contributed by atoms with Gasteiger partial charge >= 0.3 is 0 Å². The molecule has 1 amide bonds. The Bertz CT molecular complexity index is 1140. The van der Waals surface area contributed by atoms with Gasteiger partial charge in [0.2, 0.25) is 0 Å². The second-order valence-electron chi connectivity index (χ2n) is 5.41. The number of amides is 1. The van der Waals surface area contributed by atoms with Gasteiger partial charge in [-0.3, -0.25) is 25.0 Å². The number of hydrogen-bond donors (Lipinski definition) is 0. The van der Waals surface area contributed by atoms with Crippen LogP contribution in [0, 0.1) is 26.0 Å². The standard InChI is InChI=1S/C16H11FN4O5S/c1-2-19-13-4-3-10(17)7-14(13)27-16(19)18-15(22)9-5-11(20(23)24)8-12(6-9)21(25)26/h3-8H,2H2,1H3. The van der Waals surface area contributed by atoms with Crippen LogP contribution in [0.4, 0.5) is 15.8 Å². The highest BCUT2D eigenvalue weighted by atomic mass is 32.1. The molecule has 1 heterocycles. The molecule has 3 rings (SSSR count). The maximum Gasteiger partial charge on any atom is 0.280 e. The van der Waals surface area contributed by atoms with Gasteiger partial charge in [-0.15, -0.1) is 0 Å². The van der Waals surface area contributed by atoms with Crippen LogP contribution in [0.5, 0.6) is 0 Å². The summed E-state index contributed by atoms with van der Waals surface area (Å²) in [5, 5.41) is 21.9. The van der Waals surface area contributed by atoms with Crippen molar-refractivity contribution in [3.8, 4) is 0 Å². The second-order valence-corrected chi connectivity index (χ2v) is 6.42. The van der Waals surface area contributed by atoms with Crippen LogP contribution in [0.15, 0.2) is 41.4 Å². The van der Waals surface area contributed by atoms with Gasteiger partial charge in [0.1, 0.15) is 5.82 Å². The predicted octanol–water partition coefficient (Wildman–Crippen LogP) is 3.42. The molecule has 11 heteroatoms. The number of non-ortho nitro benzene ring substituents is 2. The Morgan fingerprint density at radius 2 is 1.78 bits per heavy atom. The molecule has 0 aliphatic rings. The average Bonchev–Trinajstić information content (AvgIpc) is 2.96. The van der Waals surface area contributed by atoms with Gasteiger partial charge in [0.15, 0.2) is 4.80 Å². The van der Waals surface area contributed by atoms with E-state index in [0.717, 1.165) is 29.5 Å². The summed E-state index contributed by atoms with van der Waals surface area (Å²) in [6, 6.07) is 6.80. The molecule has 3 aromatic rings. The van der Waals surface area contributed by atoms with Crippen molar-refractivity contribution in [2.75, 3.05) is 0 Å². The first-order chi connectivity index (χ1) is 12.8. The Morgan fingerprint density at radius 1 is 1.15 bits per heavy atom. The molecule has 0 atom stereocenters. The first-order valence-corrected chi connectivity index (χ1v) is 8.43. The maximum atomic E-state index is 13.4. The van der Waals surface area contributed by atoms with E-state index >= 15 is 0 Å². The lowest BCUT2D eigenvalue weighted by molar-refractivity contribution is -0.394. The number of carbonyl (C=O) groups excluding carboxylic acids is 1. The summed E-state index contributed by atoms with van der Waals surface area (Å²) < 4.78 is 15.7. The molecule has 1 aromatic heterocycles. The van der Waals surface area contributed by atoms with E-state index in [1.54, 1.807) is 10.6 Å². The maximum absolute atomic E-state index is 13.4. The van der Waals surface area contributed by atoms with Crippen LogP contribution in [-0.4, -0.2) is 20.3 Å². The van der Waals surface area contributed by atoms with E-state index in [0.29, 0.717) is 16.8 Å². The number of benzene rings is 2. The molecule has 2 aromatic carbocycles. The normalized spacial score (nSPS) is 11.7. The first-order valence-electron chi connectivity index (χ1n) is 7.62. The molecule has 0 fully saturated rings. The lowest BCUT2D eigenvalue weighted by atomic mass is 10.1. The van der Waals surface area contributed by atoms with Gasteiger partial charge in [0.05, 0.1) is 31.7 Å². The average molecular weight is 390 g/mol. The molecule has 0 bridgehead atoms. The zero-order valence-electron chi connectivity index (χ0n) is 13.8. The summed E-state index contributed by atoms with van der Waals surface area (Å²) >= 11 is 1.07. The smallest absolute Gasteiger partial charge is 0.280 e. The number of fused-ring (bicyclic) bond motifs is 1. The van der Waals surface area contributed by atoms with E-state index in [4.69, 9.17) is 0 Å². The van der Waals surface area contributed by atoms with E-state index in [-0.39, 0.29) is 10.4 Å². The van der Waals surface area contributed by atoms with Crippen LogP contribution in [-0.2, 0) is 6.54 Å². The number of rotatable bonds is 4. The highest BCUT2D eigenvalue weighted by Crippen LogP contribution is 2.23. The fourth-order valence-electron chi connectivity index (χ4n) is 2.52. The highest BCUT2D eigenvalue weighted by Gasteiger charge is 2.20. The molecule has 0 unspecified atom stereocenters. The SMILES string of the molecule is CCn1c(=NC(=O)c2cc([N+](=O)[O-])cc([N+](=O)[O-])c2)sc2cc(F)ccc21. The molecule has 0 saturated heterocycles. The van der Waals surface area contributed by atoms with Crippen molar-refractivity contribution >= 4 is 38.8 Å². The Kier molecular flexibility index (Phi) is 4.77. The highest BCUT2D eigenvalue weighted by molar-refractivity contribution is 7.16. The van der Waals surface area contributed by atoms with E-state index < -0.39 is 32.9 Å². The number of halogens is 1. The van der Waals surface area contributed by atoms with Gasteiger partial charge in [0.25, 0.3) is 17.3 Å². The second kappa shape index (κ2) is 7.03. The van der Waals surface area contributed by atoms with Gasteiger partial charge in [-0.05, 0) is 25.1 Å². The summed E-state index contributed by atoms with van der Waals surface area (Å²) in [6.07, 6.45) is 0. The molecule has 9 nitrogen and oxygen atoms in total. The van der Waals surface area contributed by atoms with Crippen molar-refractivity contribution < 1.29 is 19.0 Å². The van der Waals surface area contributed by atoms with Gasteiger partial charge in [-0.25, -0.2) is 4.39 Å². The minimum atomic E-state index is -0.865. The molecule has 0 spiro atoms. The molecular formula is C16H11FN4O5S. The lowest BCUT2D eigenvalue weighted by Crippen LogP contribution is -2.16. The quantitative estimate of drug-likeness (QED) is 0.499. The molecular weight excluding hydrogens is 379 g/mol. The number of thiazole rings is 1. The van der Waals surface area contributed by atoms with Crippen molar-refractivity contribution in [2.24, 2.45) is 4.99 Å². The zero-order valence-corrected chi connectivity index (χ0v) is 14.6. The number of aromatic nitrogens is 1. The number of carbonyl (C=O) groups is 1. The minimum absolute atomic E-state index is 0.261. The van der Waals surface area contributed by atoms with Crippen LogP contribution < -0.4 is 4.80 Å². The summed E-state index contributed by atoms with van der Waals surface area (Å²) in [5.74, 6) is -1.30. The van der Waals surface area contributed by atoms with Crippen LogP contribution in [0.3, 0.4) is 0 Å². The van der Waals surface area contributed by atoms with Crippen LogP contribution >= 0.6 is 11.3 Å². The topological polar surface area (TPSA) is 121 Å². The largest absolute Gasteiger partial charge is 0.317 e. The fourth-order valence-corrected chi connectivity index (χ4v) is 3.64. The Balaban J connectivity index is 2.16. The Hall–Kier alpha value is -3.47. The van der Waals surface area contributed by atoms with Crippen molar-refractivity contribution in [1.29, 1.82) is 0 Å². The van der Waals surface area contributed by atoms with Crippen molar-refractivity contribution in [1.82, 2.24) is 4.57 Å². The minimum Gasteiger partial charge on any atom is -0.317 e. The number of nitro groups is 2. The van der Waals surface area contributed by atoms with Crippen LogP contribution in [0.25, 0.3) is 10.2 Å². The van der Waals surface area contributed by atoms with Gasteiger partial charge < -0.3 is 4.57 Å². The van der Waals surface area contributed by atoms with Crippen molar-refractivity contribution in [3.63, 3.8) is 0 Å². The zero-order chi connectivity index (χ0) is 19.7. The van der Waals surface area contributed by atoms with E-state index in [2.05, 4.69) is 4.99 Å². The molecule has 0 radical (unpaired) electrons. The molecule has 0 aliphatic heterocycles. The van der Waals surface area contributed by atoms with Crippen LogP contribution in [0.1, 0.15) is 17.3 Å². The van der Waals surface area contributed by atoms with Crippen LogP contribution in [0.2, 0.25) is 0 Å². The summed E-state index contributed by atoms with van der Waals surface area (Å²) in [7, 11) is 0. The molecule has 0 N–H and O–H groups in total. The first kappa shape index (κ1) is 18.3. The number of hydrogen-bond acceptors (Lipinski definition) is 6. The van der Waals surface area contributed by atoms with E-state index in [1.807, 2.05) is 6.92 Å². The third kappa shape index (κ3) is 3.58. The van der Waals surface area contributed by atoms with Crippen molar-refractivity contribution in [2.45, 2.75) is 13.5 Å². The summed E-state index contributed by atoms with van der Waals surface area (Å²) in [5.41, 5.74) is -0.753. The van der Waals surface area contributed by atoms with Gasteiger partial charge in [-0.2, -0.15) is 4.99 Å². The number of nitro benzene ring substituents is 2. The lowest BCUT2D eigenvalue weighted by Gasteiger charge is -2.00. The molecule has 0 saturated carbocycles. The van der Waals surface area contributed by atoms with E-state index in [9.17, 15) is 29.4 Å². The van der Waals surface area contributed by atoms with Gasteiger partial charge in [0, 0.05) is 18.7 Å². The van der Waals surface area contributed by atoms with E-state index in [1.165, 1.54) is 12.1 Å². The summed E-state index contributed by atoms with van der Waals surface area (Å²) in [4.78, 5) is 37.0. The third-order valence-electron chi connectivity index (χ3n) is 3.73. The molecule has 0 aliphatic carbocycles. The fraction of sp³-hybridized carbons (Fsp3) is 0.125. The Labute approximate surface area is 154 Å².